The van der Waals surface area contributed by atoms with Crippen LogP contribution in [0.1, 0.15) is 6.42 Å². The highest BCUT2D eigenvalue weighted by Crippen LogP contribution is 2.33. The monoisotopic (exact) mass is 342 g/mol. The molecule has 1 atom stereocenters. The number of ether oxygens (including phenoxy) is 2. The normalized spacial score (nSPS) is 12.9. The van der Waals surface area contributed by atoms with Gasteiger partial charge in [0.25, 0.3) is 0 Å². The molecule has 0 aromatic heterocycles. The highest BCUT2D eigenvalue weighted by Gasteiger charge is 2.43. The van der Waals surface area contributed by atoms with Crippen LogP contribution in [0.2, 0.25) is 0 Å². The minimum Gasteiger partial charge on any atom is -0.497 e. The Morgan fingerprint density at radius 3 is 2.53 bits per heavy atom. The first kappa shape index (κ1) is 15.6. The molecule has 0 heterocycles. The van der Waals surface area contributed by atoms with E-state index in [1.807, 2.05) is 0 Å². The lowest BCUT2D eigenvalue weighted by molar-refractivity contribution is -0.200. The van der Waals surface area contributed by atoms with Crippen LogP contribution in [0.15, 0.2) is 22.7 Å². The third-order valence-electron chi connectivity index (χ3n) is 2.13. The highest BCUT2D eigenvalue weighted by molar-refractivity contribution is 9.10. The van der Waals surface area contributed by atoms with Gasteiger partial charge in [0, 0.05) is 0 Å². The molecule has 1 unspecified atom stereocenters. The van der Waals surface area contributed by atoms with Gasteiger partial charge in [-0.25, -0.2) is 0 Å². The van der Waals surface area contributed by atoms with E-state index in [4.69, 9.17) is 14.6 Å². The minimum absolute atomic E-state index is 0.107. The van der Waals surface area contributed by atoms with E-state index in [-0.39, 0.29) is 10.2 Å². The van der Waals surface area contributed by atoms with Gasteiger partial charge in [-0.2, -0.15) is 13.2 Å². The summed E-state index contributed by atoms with van der Waals surface area (Å²) >= 11 is 3.03. The van der Waals surface area contributed by atoms with Crippen molar-refractivity contribution in [3.63, 3.8) is 0 Å². The second-order valence-electron chi connectivity index (χ2n) is 3.54. The Bertz CT molecular complexity index is 462. The van der Waals surface area contributed by atoms with Crippen molar-refractivity contribution >= 4 is 21.9 Å². The molecule has 0 saturated heterocycles. The Morgan fingerprint density at radius 1 is 1.47 bits per heavy atom. The van der Waals surface area contributed by atoms with Crippen molar-refractivity contribution < 1.29 is 32.5 Å². The standard InChI is InChI=1S/C11H10BrF3O4/c1-18-6-2-3-8(7(12)4-6)19-9(5-10(16)17)11(13,14)15/h2-4,9H,5H2,1H3,(H,16,17). The number of aliphatic carboxylic acids is 1. The van der Waals surface area contributed by atoms with Crippen molar-refractivity contribution in [2.24, 2.45) is 0 Å². The Labute approximate surface area is 115 Å². The Hall–Kier alpha value is -1.44. The van der Waals surface area contributed by atoms with Crippen LogP contribution in [0.3, 0.4) is 0 Å². The second kappa shape index (κ2) is 6.14. The molecule has 19 heavy (non-hydrogen) atoms. The zero-order chi connectivity index (χ0) is 14.6. The average molecular weight is 343 g/mol. The number of methoxy groups -OCH3 is 1. The largest absolute Gasteiger partial charge is 0.497 e. The fraction of sp³-hybridized carbons (Fsp3) is 0.364. The third kappa shape index (κ3) is 4.62. The molecule has 8 heteroatoms. The van der Waals surface area contributed by atoms with Crippen molar-refractivity contribution in [1.82, 2.24) is 0 Å². The van der Waals surface area contributed by atoms with Crippen LogP contribution in [0, 0.1) is 0 Å². The molecule has 0 saturated carbocycles. The molecular formula is C11H10BrF3O4. The maximum absolute atomic E-state index is 12.6. The Kier molecular flexibility index (Phi) is 5.04. The lowest BCUT2D eigenvalue weighted by Crippen LogP contribution is -2.36. The lowest BCUT2D eigenvalue weighted by atomic mass is 10.2. The second-order valence-corrected chi connectivity index (χ2v) is 4.40. The first-order valence-electron chi connectivity index (χ1n) is 5.02. The topological polar surface area (TPSA) is 55.8 Å². The predicted octanol–water partition coefficient (Wildman–Crippen LogP) is 3.24. The van der Waals surface area contributed by atoms with Crippen LogP contribution in [0.25, 0.3) is 0 Å². The highest BCUT2D eigenvalue weighted by atomic mass is 79.9. The van der Waals surface area contributed by atoms with E-state index in [0.717, 1.165) is 0 Å². The number of alkyl halides is 3. The van der Waals surface area contributed by atoms with Gasteiger partial charge >= 0.3 is 12.1 Å². The van der Waals surface area contributed by atoms with Crippen LogP contribution in [-0.4, -0.2) is 30.5 Å². The predicted molar refractivity (Wildman–Crippen MR) is 63.4 cm³/mol. The summed E-state index contributed by atoms with van der Waals surface area (Å²) in [6, 6.07) is 4.10. The minimum atomic E-state index is -4.77. The zero-order valence-electron chi connectivity index (χ0n) is 9.70. The van der Waals surface area contributed by atoms with Crippen LogP contribution in [0.5, 0.6) is 11.5 Å². The first-order valence-corrected chi connectivity index (χ1v) is 5.82. The van der Waals surface area contributed by atoms with Gasteiger partial charge in [-0.1, -0.05) is 0 Å². The molecule has 106 valence electrons. The number of halogens is 4. The van der Waals surface area contributed by atoms with Gasteiger partial charge in [0.05, 0.1) is 18.0 Å². The number of carbonyl (C=O) groups is 1. The van der Waals surface area contributed by atoms with Crippen molar-refractivity contribution in [2.75, 3.05) is 7.11 Å². The van der Waals surface area contributed by atoms with Crippen molar-refractivity contribution in [3.05, 3.63) is 22.7 Å². The van der Waals surface area contributed by atoms with Crippen molar-refractivity contribution in [1.29, 1.82) is 0 Å². The van der Waals surface area contributed by atoms with Gasteiger partial charge in [0.1, 0.15) is 11.5 Å². The number of hydrogen-bond donors (Lipinski definition) is 1. The fourth-order valence-electron chi connectivity index (χ4n) is 1.24. The third-order valence-corrected chi connectivity index (χ3v) is 2.75. The van der Waals surface area contributed by atoms with Crippen molar-refractivity contribution in [3.8, 4) is 11.5 Å². The van der Waals surface area contributed by atoms with Gasteiger partial charge in [-0.05, 0) is 34.1 Å². The molecule has 0 aliphatic rings. The molecule has 0 aliphatic carbocycles. The zero-order valence-corrected chi connectivity index (χ0v) is 11.3. The summed E-state index contributed by atoms with van der Waals surface area (Å²) in [6.07, 6.45) is -8.34. The maximum atomic E-state index is 12.6. The molecule has 1 N–H and O–H groups in total. The number of benzene rings is 1. The molecule has 0 bridgehead atoms. The molecule has 0 spiro atoms. The number of carboxylic acid groups (broad SMARTS) is 1. The number of rotatable bonds is 5. The molecule has 1 aromatic carbocycles. The summed E-state index contributed by atoms with van der Waals surface area (Å²) < 4.78 is 47.7. The summed E-state index contributed by atoms with van der Waals surface area (Å²) in [5, 5.41) is 8.46. The van der Waals surface area contributed by atoms with Crippen LogP contribution < -0.4 is 9.47 Å². The molecule has 0 amide bonds. The van der Waals surface area contributed by atoms with Crippen LogP contribution >= 0.6 is 15.9 Å². The maximum Gasteiger partial charge on any atom is 0.426 e. The summed E-state index contributed by atoms with van der Waals surface area (Å²) in [5.41, 5.74) is 0. The molecule has 1 rings (SSSR count). The van der Waals surface area contributed by atoms with E-state index < -0.39 is 24.7 Å². The Balaban J connectivity index is 2.93. The smallest absolute Gasteiger partial charge is 0.426 e. The van der Waals surface area contributed by atoms with E-state index in [2.05, 4.69) is 15.9 Å². The summed E-state index contributed by atoms with van der Waals surface area (Å²) in [4.78, 5) is 10.4. The van der Waals surface area contributed by atoms with Gasteiger partial charge in [0.15, 0.2) is 0 Å². The van der Waals surface area contributed by atoms with E-state index in [9.17, 15) is 18.0 Å². The number of hydrogen-bond acceptors (Lipinski definition) is 3. The summed E-state index contributed by atoms with van der Waals surface area (Å²) in [7, 11) is 1.41. The van der Waals surface area contributed by atoms with Gasteiger partial charge in [0.2, 0.25) is 6.10 Å². The van der Waals surface area contributed by atoms with Gasteiger partial charge < -0.3 is 14.6 Å². The van der Waals surface area contributed by atoms with Gasteiger partial charge in [-0.15, -0.1) is 0 Å². The van der Waals surface area contributed by atoms with E-state index in [1.165, 1.54) is 25.3 Å². The van der Waals surface area contributed by atoms with Crippen LogP contribution in [-0.2, 0) is 4.79 Å². The van der Waals surface area contributed by atoms with Crippen LogP contribution in [0.4, 0.5) is 13.2 Å². The molecule has 1 aromatic rings. The molecule has 4 nitrogen and oxygen atoms in total. The molecule has 0 aliphatic heterocycles. The summed E-state index contributed by atoms with van der Waals surface area (Å²) in [5.74, 6) is -1.27. The fourth-order valence-corrected chi connectivity index (χ4v) is 1.69. The lowest BCUT2D eigenvalue weighted by Gasteiger charge is -2.21. The van der Waals surface area contributed by atoms with E-state index in [0.29, 0.717) is 5.75 Å². The molecular weight excluding hydrogens is 333 g/mol. The first-order chi connectivity index (χ1) is 8.74. The van der Waals surface area contributed by atoms with E-state index in [1.54, 1.807) is 0 Å². The quantitative estimate of drug-likeness (QED) is 0.892. The summed E-state index contributed by atoms with van der Waals surface area (Å²) in [6.45, 7) is 0. The van der Waals surface area contributed by atoms with E-state index >= 15 is 0 Å². The van der Waals surface area contributed by atoms with Gasteiger partial charge in [-0.3, -0.25) is 4.79 Å². The molecule has 0 fully saturated rings. The SMILES string of the molecule is COc1ccc(OC(CC(=O)O)C(F)(F)F)c(Br)c1. The number of carboxylic acids is 1. The Morgan fingerprint density at radius 2 is 2.11 bits per heavy atom. The molecule has 0 radical (unpaired) electrons. The van der Waals surface area contributed by atoms with Crippen molar-refractivity contribution in [2.45, 2.75) is 18.7 Å². The average Bonchev–Trinajstić information content (AvgIpc) is 2.28.